The van der Waals surface area contributed by atoms with Gasteiger partial charge in [-0.2, -0.15) is 5.10 Å². The average Bonchev–Trinajstić information content (AvgIpc) is 3.18. The van der Waals surface area contributed by atoms with Crippen LogP contribution in [0.1, 0.15) is 42.5 Å². The number of methoxy groups -OCH3 is 1. The van der Waals surface area contributed by atoms with Crippen LogP contribution in [-0.2, 0) is 4.79 Å². The predicted octanol–water partition coefficient (Wildman–Crippen LogP) is 2.72. The Morgan fingerprint density at radius 1 is 1.31 bits per heavy atom. The van der Waals surface area contributed by atoms with Crippen LogP contribution in [0.5, 0.6) is 5.75 Å². The number of aromatic amines is 1. The summed E-state index contributed by atoms with van der Waals surface area (Å²) in [5, 5.41) is 6.81. The molecule has 0 saturated carbocycles. The maximum atomic E-state index is 12.8. The molecule has 8 heteroatoms. The van der Waals surface area contributed by atoms with E-state index in [9.17, 15) is 9.59 Å². The fourth-order valence-electron chi connectivity index (χ4n) is 3.67. The Balaban J connectivity index is 1.79. The van der Waals surface area contributed by atoms with Crippen LogP contribution in [0.2, 0.25) is 0 Å². The Hall–Kier alpha value is -3.55. The number of ether oxygens (including phenoxy) is 1. The second-order valence-corrected chi connectivity index (χ2v) is 6.87. The van der Waals surface area contributed by atoms with E-state index in [0.717, 1.165) is 22.3 Å². The number of H-pyrrole nitrogens is 1. The minimum absolute atomic E-state index is 0.0981. The number of carbonyl (C=O) groups is 1. The number of hydrogen-bond acceptors (Lipinski definition) is 6. The lowest BCUT2D eigenvalue weighted by Crippen LogP contribution is -2.26. The smallest absolute Gasteiger partial charge is 0.259 e. The molecule has 0 radical (unpaired) electrons. The zero-order valence-electron chi connectivity index (χ0n) is 16.5. The molecule has 1 unspecified atom stereocenters. The molecule has 0 aliphatic carbocycles. The van der Waals surface area contributed by atoms with Crippen molar-refractivity contribution in [2.24, 2.45) is 5.10 Å². The molecule has 0 fully saturated rings. The van der Waals surface area contributed by atoms with E-state index in [4.69, 9.17) is 4.74 Å². The molecular weight excluding hydrogens is 370 g/mol. The van der Waals surface area contributed by atoms with Crippen LogP contribution in [0.4, 0.5) is 0 Å². The van der Waals surface area contributed by atoms with E-state index in [1.807, 2.05) is 31.2 Å². The van der Waals surface area contributed by atoms with Crippen molar-refractivity contribution >= 4 is 22.7 Å². The Bertz CT molecular complexity index is 1170. The Morgan fingerprint density at radius 2 is 2.07 bits per heavy atom. The largest absolute Gasteiger partial charge is 0.497 e. The minimum Gasteiger partial charge on any atom is -0.497 e. The van der Waals surface area contributed by atoms with E-state index in [1.54, 1.807) is 20.2 Å². The first-order valence-corrected chi connectivity index (χ1v) is 9.40. The van der Waals surface area contributed by atoms with Crippen LogP contribution in [0, 0.1) is 6.92 Å². The molecule has 0 spiro atoms. The van der Waals surface area contributed by atoms with Gasteiger partial charge < -0.3 is 9.72 Å². The maximum absolute atomic E-state index is 12.8. The summed E-state index contributed by atoms with van der Waals surface area (Å²) < 4.78 is 5.22. The minimum atomic E-state index is -0.273. The third-order valence-corrected chi connectivity index (χ3v) is 5.21. The van der Waals surface area contributed by atoms with Gasteiger partial charge in [-0.3, -0.25) is 9.59 Å². The van der Waals surface area contributed by atoms with E-state index < -0.39 is 0 Å². The first-order chi connectivity index (χ1) is 14.0. The predicted molar refractivity (Wildman–Crippen MR) is 109 cm³/mol. The highest BCUT2D eigenvalue weighted by molar-refractivity contribution is 6.06. The van der Waals surface area contributed by atoms with Gasteiger partial charge in [-0.25, -0.2) is 15.0 Å². The third kappa shape index (κ3) is 3.26. The molecule has 3 aromatic rings. The number of aromatic nitrogens is 3. The van der Waals surface area contributed by atoms with Gasteiger partial charge in [0.15, 0.2) is 0 Å². The zero-order valence-corrected chi connectivity index (χ0v) is 16.5. The molecule has 0 bridgehead atoms. The van der Waals surface area contributed by atoms with Crippen LogP contribution in [0.3, 0.4) is 0 Å². The highest BCUT2D eigenvalue weighted by Gasteiger charge is 2.34. The second-order valence-electron chi connectivity index (χ2n) is 6.87. The molecule has 1 aliphatic rings. The first-order valence-electron chi connectivity index (χ1n) is 9.40. The molecule has 1 aromatic carbocycles. The van der Waals surface area contributed by atoms with Crippen molar-refractivity contribution in [2.45, 2.75) is 32.7 Å². The van der Waals surface area contributed by atoms with Crippen molar-refractivity contribution < 1.29 is 9.53 Å². The number of aryl methyl sites for hydroxylation is 1. The van der Waals surface area contributed by atoms with Gasteiger partial charge in [0.25, 0.3) is 5.56 Å². The van der Waals surface area contributed by atoms with Crippen LogP contribution in [0.15, 0.2) is 46.7 Å². The molecule has 3 heterocycles. The summed E-state index contributed by atoms with van der Waals surface area (Å²) in [7, 11) is 1.61. The van der Waals surface area contributed by atoms with E-state index in [1.165, 1.54) is 11.3 Å². The number of rotatable bonds is 4. The van der Waals surface area contributed by atoms with Crippen LogP contribution >= 0.6 is 0 Å². The van der Waals surface area contributed by atoms with Crippen LogP contribution in [0.25, 0.3) is 11.0 Å². The van der Waals surface area contributed by atoms with Gasteiger partial charge in [0.05, 0.1) is 24.4 Å². The molecule has 148 valence electrons. The number of amides is 1. The summed E-state index contributed by atoms with van der Waals surface area (Å²) in [5.74, 6) is 0.641. The molecule has 29 heavy (non-hydrogen) atoms. The van der Waals surface area contributed by atoms with Gasteiger partial charge in [-0.1, -0.05) is 19.1 Å². The molecular formula is C21H21N5O3. The molecule has 2 aromatic heterocycles. The standard InChI is InChI=1S/C21H21N5O3/c1-4-18(27)26-17(13-5-7-14(29-3)8-6-13)9-16(25-26)19-12(2)15-10-22-11-23-20(15)24-21(19)28/h5-8,10-11,17H,4,9H2,1-3H3,(H,22,23,24,28). The van der Waals surface area contributed by atoms with Crippen LogP contribution in [-0.4, -0.2) is 38.7 Å². The molecule has 1 atom stereocenters. The average molecular weight is 391 g/mol. The van der Waals surface area contributed by atoms with Gasteiger partial charge in [0, 0.05) is 24.4 Å². The normalized spacial score (nSPS) is 16.2. The van der Waals surface area contributed by atoms with Gasteiger partial charge in [-0.15, -0.1) is 0 Å². The Kier molecular flexibility index (Phi) is 4.84. The molecule has 8 nitrogen and oxygen atoms in total. The van der Waals surface area contributed by atoms with Crippen molar-refractivity contribution in [1.82, 2.24) is 20.0 Å². The molecule has 0 saturated heterocycles. The Labute approximate surface area is 167 Å². The zero-order chi connectivity index (χ0) is 20.5. The van der Waals surface area contributed by atoms with Crippen molar-refractivity contribution in [2.75, 3.05) is 7.11 Å². The maximum Gasteiger partial charge on any atom is 0.259 e. The highest BCUT2D eigenvalue weighted by Crippen LogP contribution is 2.34. The first kappa shape index (κ1) is 18.8. The number of hydrazone groups is 1. The molecule has 1 aliphatic heterocycles. The monoisotopic (exact) mass is 391 g/mol. The van der Waals surface area contributed by atoms with Crippen molar-refractivity contribution in [1.29, 1.82) is 0 Å². The summed E-state index contributed by atoms with van der Waals surface area (Å²) in [6.45, 7) is 3.65. The number of pyridine rings is 1. The van der Waals surface area contributed by atoms with E-state index in [-0.39, 0.29) is 17.5 Å². The lowest BCUT2D eigenvalue weighted by molar-refractivity contribution is -0.132. The quantitative estimate of drug-likeness (QED) is 0.737. The summed E-state index contributed by atoms with van der Waals surface area (Å²) in [4.78, 5) is 36.3. The van der Waals surface area contributed by atoms with Crippen molar-refractivity contribution in [3.8, 4) is 5.75 Å². The topological polar surface area (TPSA) is 101 Å². The van der Waals surface area contributed by atoms with E-state index in [0.29, 0.717) is 29.8 Å². The van der Waals surface area contributed by atoms with Gasteiger partial charge in [-0.05, 0) is 30.2 Å². The van der Waals surface area contributed by atoms with Crippen LogP contribution < -0.4 is 10.3 Å². The SMILES string of the molecule is CCC(=O)N1N=C(c2c(C)c3cncnc3[nH]c2=O)CC1c1ccc(OC)cc1. The third-order valence-electron chi connectivity index (χ3n) is 5.21. The van der Waals surface area contributed by atoms with Crippen molar-refractivity contribution in [3.05, 3.63) is 63.8 Å². The molecule has 1 amide bonds. The number of nitrogens with one attached hydrogen (secondary N) is 1. The van der Waals surface area contributed by atoms with Crippen molar-refractivity contribution in [3.63, 3.8) is 0 Å². The fourth-order valence-corrected chi connectivity index (χ4v) is 3.67. The number of nitrogens with zero attached hydrogens (tertiary/aromatic N) is 4. The molecule has 1 N–H and O–H groups in total. The fraction of sp³-hybridized carbons (Fsp3) is 0.286. The van der Waals surface area contributed by atoms with Gasteiger partial charge >= 0.3 is 0 Å². The summed E-state index contributed by atoms with van der Waals surface area (Å²) in [6.07, 6.45) is 3.83. The van der Waals surface area contributed by atoms with Gasteiger partial charge in [0.2, 0.25) is 5.91 Å². The Morgan fingerprint density at radius 3 is 2.76 bits per heavy atom. The van der Waals surface area contributed by atoms with E-state index in [2.05, 4.69) is 20.1 Å². The number of benzene rings is 1. The number of fused-ring (bicyclic) bond motifs is 1. The highest BCUT2D eigenvalue weighted by atomic mass is 16.5. The lowest BCUT2D eigenvalue weighted by atomic mass is 9.96. The number of carbonyl (C=O) groups excluding carboxylic acids is 1. The summed E-state index contributed by atoms with van der Waals surface area (Å²) >= 11 is 0. The van der Waals surface area contributed by atoms with Gasteiger partial charge in [0.1, 0.15) is 17.7 Å². The lowest BCUT2D eigenvalue weighted by Gasteiger charge is -2.21. The number of hydrogen-bond donors (Lipinski definition) is 1. The summed E-state index contributed by atoms with van der Waals surface area (Å²) in [6, 6.07) is 7.28. The second kappa shape index (κ2) is 7.46. The van der Waals surface area contributed by atoms with E-state index >= 15 is 0 Å². The summed E-state index contributed by atoms with van der Waals surface area (Å²) in [5.41, 5.74) is 2.95. The molecule has 4 rings (SSSR count).